The van der Waals surface area contributed by atoms with Crippen molar-refractivity contribution in [1.29, 1.82) is 0 Å². The van der Waals surface area contributed by atoms with Gasteiger partial charge < -0.3 is 0 Å². The van der Waals surface area contributed by atoms with Crippen molar-refractivity contribution >= 4 is 10.9 Å². The van der Waals surface area contributed by atoms with Gasteiger partial charge in [0.15, 0.2) is 0 Å². The van der Waals surface area contributed by atoms with E-state index in [4.69, 9.17) is 0 Å². The zero-order valence-electron chi connectivity index (χ0n) is 12.5. The number of benzene rings is 3. The van der Waals surface area contributed by atoms with Crippen LogP contribution in [0.15, 0.2) is 94.7 Å². The van der Waals surface area contributed by atoms with Crippen LogP contribution in [-0.4, -0.2) is 0 Å². The first-order valence-electron chi connectivity index (χ1n) is 7.40. The number of hydrogen-bond acceptors (Lipinski definition) is 0. The topological polar surface area (TPSA) is 0 Å². The van der Waals surface area contributed by atoms with Crippen molar-refractivity contribution in [2.24, 2.45) is 0 Å². The Morgan fingerprint density at radius 2 is 1.14 bits per heavy atom. The molecular weight excluding hydrogens is 291 g/mol. The first-order valence-corrected chi connectivity index (χ1v) is 8.81. The van der Waals surface area contributed by atoms with Crippen molar-refractivity contribution in [3.63, 3.8) is 0 Å². The molecule has 0 radical (unpaired) electrons. The van der Waals surface area contributed by atoms with E-state index in [2.05, 4.69) is 55.5 Å². The van der Waals surface area contributed by atoms with Crippen LogP contribution in [0.3, 0.4) is 0 Å². The van der Waals surface area contributed by atoms with Gasteiger partial charge in [0.2, 0.25) is 0 Å². The van der Waals surface area contributed by atoms with Gasteiger partial charge in [-0.2, -0.15) is 10.9 Å². The predicted octanol–water partition coefficient (Wildman–Crippen LogP) is 6.01. The molecule has 0 N–H and O–H groups in total. The Labute approximate surface area is 134 Å². The van der Waals surface area contributed by atoms with Gasteiger partial charge in [0, 0.05) is 5.25 Å². The lowest BCUT2D eigenvalue weighted by Crippen LogP contribution is -1.98. The molecule has 0 aromatic heterocycles. The number of halogens is 1. The lowest BCUT2D eigenvalue weighted by atomic mass is 10.2. The lowest BCUT2D eigenvalue weighted by Gasteiger charge is -2.30. The van der Waals surface area contributed by atoms with E-state index in [9.17, 15) is 4.39 Å². The molecule has 3 aromatic rings. The van der Waals surface area contributed by atoms with Crippen LogP contribution >= 0.6 is 10.9 Å². The highest BCUT2D eigenvalue weighted by Gasteiger charge is 2.18. The predicted molar refractivity (Wildman–Crippen MR) is 93.2 cm³/mol. The van der Waals surface area contributed by atoms with E-state index < -0.39 is 10.9 Å². The van der Waals surface area contributed by atoms with Crippen LogP contribution in [0.1, 0.15) is 17.7 Å². The van der Waals surface area contributed by atoms with Crippen LogP contribution < -0.4 is 0 Å². The van der Waals surface area contributed by atoms with Crippen molar-refractivity contribution in [2.45, 2.75) is 22.0 Å². The SMILES string of the molecule is CC(c1ccc(F)cc1)[SH](c1ccccc1)c1ccccc1. The Bertz CT molecular complexity index is 668. The van der Waals surface area contributed by atoms with Gasteiger partial charge in [0.1, 0.15) is 5.82 Å². The van der Waals surface area contributed by atoms with Gasteiger partial charge >= 0.3 is 0 Å². The second-order valence-electron chi connectivity index (χ2n) is 5.27. The average molecular weight is 310 g/mol. The molecule has 3 aromatic carbocycles. The number of thiol groups is 1. The van der Waals surface area contributed by atoms with E-state index in [1.807, 2.05) is 24.3 Å². The second-order valence-corrected chi connectivity index (χ2v) is 7.82. The molecule has 0 aliphatic rings. The number of hydrogen-bond donors (Lipinski definition) is 1. The van der Waals surface area contributed by atoms with Crippen molar-refractivity contribution < 1.29 is 4.39 Å². The Balaban J connectivity index is 2.04. The molecule has 0 saturated carbocycles. The molecule has 0 spiro atoms. The fraction of sp³-hybridized carbons (Fsp3) is 0.100. The fourth-order valence-corrected chi connectivity index (χ4v) is 5.31. The molecule has 3 rings (SSSR count). The van der Waals surface area contributed by atoms with Gasteiger partial charge in [0.25, 0.3) is 0 Å². The smallest absolute Gasteiger partial charge is 0.123 e. The summed E-state index contributed by atoms with van der Waals surface area (Å²) in [5.74, 6) is -0.181. The summed E-state index contributed by atoms with van der Waals surface area (Å²) in [6, 6.07) is 28.1. The van der Waals surface area contributed by atoms with Gasteiger partial charge in [-0.15, -0.1) is 0 Å². The third-order valence-electron chi connectivity index (χ3n) is 3.81. The van der Waals surface area contributed by atoms with Crippen molar-refractivity contribution in [3.8, 4) is 0 Å². The van der Waals surface area contributed by atoms with E-state index in [1.165, 1.54) is 15.4 Å². The first kappa shape index (κ1) is 14.9. The van der Waals surface area contributed by atoms with E-state index in [-0.39, 0.29) is 5.82 Å². The molecule has 0 heterocycles. The van der Waals surface area contributed by atoms with E-state index >= 15 is 0 Å². The molecule has 0 nitrogen and oxygen atoms in total. The molecule has 112 valence electrons. The molecule has 0 aliphatic carbocycles. The summed E-state index contributed by atoms with van der Waals surface area (Å²) in [6.07, 6.45) is 0. The van der Waals surface area contributed by atoms with Crippen LogP contribution in [0.2, 0.25) is 0 Å². The van der Waals surface area contributed by atoms with Gasteiger partial charge in [-0.3, -0.25) is 0 Å². The normalized spacial score (nSPS) is 12.7. The summed E-state index contributed by atoms with van der Waals surface area (Å²) in [5, 5.41) is 0.334. The van der Waals surface area contributed by atoms with Crippen molar-refractivity contribution in [2.75, 3.05) is 0 Å². The summed E-state index contributed by atoms with van der Waals surface area (Å²) in [5.41, 5.74) is 1.18. The second kappa shape index (κ2) is 6.80. The van der Waals surface area contributed by atoms with Crippen LogP contribution in [0.5, 0.6) is 0 Å². The highest BCUT2D eigenvalue weighted by Crippen LogP contribution is 2.55. The molecule has 0 aliphatic heterocycles. The van der Waals surface area contributed by atoms with Crippen molar-refractivity contribution in [1.82, 2.24) is 0 Å². The summed E-state index contributed by atoms with van der Waals surface area (Å²) < 4.78 is 13.2. The van der Waals surface area contributed by atoms with Gasteiger partial charge in [-0.05, 0) is 51.8 Å². The minimum atomic E-state index is -0.520. The maximum Gasteiger partial charge on any atom is 0.123 e. The van der Waals surface area contributed by atoms with E-state index in [1.54, 1.807) is 12.1 Å². The summed E-state index contributed by atoms with van der Waals surface area (Å²) in [6.45, 7) is 2.24. The van der Waals surface area contributed by atoms with Gasteiger partial charge in [-0.25, -0.2) is 4.39 Å². The fourth-order valence-electron chi connectivity index (χ4n) is 2.66. The Morgan fingerprint density at radius 1 is 0.682 bits per heavy atom. The maximum absolute atomic E-state index is 13.2. The quantitative estimate of drug-likeness (QED) is 0.561. The minimum Gasteiger partial charge on any atom is -0.207 e. The summed E-state index contributed by atoms with van der Waals surface area (Å²) in [4.78, 5) is 2.70. The molecule has 2 heteroatoms. The molecule has 0 saturated heterocycles. The maximum atomic E-state index is 13.2. The molecule has 0 amide bonds. The molecule has 22 heavy (non-hydrogen) atoms. The average Bonchev–Trinajstić information content (AvgIpc) is 2.57. The molecule has 1 unspecified atom stereocenters. The lowest BCUT2D eigenvalue weighted by molar-refractivity contribution is 0.627. The summed E-state index contributed by atoms with van der Waals surface area (Å²) in [7, 11) is -0.520. The van der Waals surface area contributed by atoms with Gasteiger partial charge in [-0.1, -0.05) is 55.5 Å². The standard InChI is InChI=1S/C20H19FS/c1-16(17-12-14-18(21)15-13-17)22(19-8-4-2-5-9-19)20-10-6-3-7-11-20/h2-16,22H,1H3. The first-order chi connectivity index (χ1) is 10.8. The summed E-state index contributed by atoms with van der Waals surface area (Å²) >= 11 is 0. The minimum absolute atomic E-state index is 0.181. The highest BCUT2D eigenvalue weighted by molar-refractivity contribution is 8.17. The Morgan fingerprint density at radius 3 is 1.59 bits per heavy atom. The molecular formula is C20H19FS. The van der Waals surface area contributed by atoms with E-state index in [0.717, 1.165) is 0 Å². The monoisotopic (exact) mass is 310 g/mol. The zero-order valence-corrected chi connectivity index (χ0v) is 13.4. The molecule has 0 bridgehead atoms. The van der Waals surface area contributed by atoms with Crippen LogP contribution in [-0.2, 0) is 0 Å². The van der Waals surface area contributed by atoms with Crippen LogP contribution in [0.25, 0.3) is 0 Å². The zero-order chi connectivity index (χ0) is 15.4. The number of rotatable bonds is 4. The molecule has 0 fully saturated rings. The Hall–Kier alpha value is -2.06. The van der Waals surface area contributed by atoms with E-state index in [0.29, 0.717) is 5.25 Å². The van der Waals surface area contributed by atoms with Crippen LogP contribution in [0, 0.1) is 5.82 Å². The Kier molecular flexibility index (Phi) is 4.59. The van der Waals surface area contributed by atoms with Crippen LogP contribution in [0.4, 0.5) is 4.39 Å². The van der Waals surface area contributed by atoms with Crippen molar-refractivity contribution in [3.05, 3.63) is 96.3 Å². The molecule has 1 atom stereocenters. The largest absolute Gasteiger partial charge is 0.207 e. The van der Waals surface area contributed by atoms with Gasteiger partial charge in [0.05, 0.1) is 0 Å². The third kappa shape index (κ3) is 3.23. The highest BCUT2D eigenvalue weighted by atomic mass is 32.2. The third-order valence-corrected chi connectivity index (χ3v) is 6.59.